The van der Waals surface area contributed by atoms with Gasteiger partial charge in [0, 0.05) is 12.5 Å². The van der Waals surface area contributed by atoms with Gasteiger partial charge in [0.15, 0.2) is 17.3 Å². The molecule has 0 spiro atoms. The van der Waals surface area contributed by atoms with Gasteiger partial charge >= 0.3 is 6.03 Å². The van der Waals surface area contributed by atoms with Crippen molar-refractivity contribution in [3.63, 3.8) is 0 Å². The minimum atomic E-state index is -1.17. The van der Waals surface area contributed by atoms with E-state index in [1.165, 1.54) is 6.07 Å². The van der Waals surface area contributed by atoms with Crippen LogP contribution in [0.2, 0.25) is 0 Å². The molecule has 3 heterocycles. The molecule has 10 heteroatoms. The van der Waals surface area contributed by atoms with Crippen molar-refractivity contribution in [3.8, 4) is 11.5 Å². The first-order valence-corrected chi connectivity index (χ1v) is 8.60. The van der Waals surface area contributed by atoms with E-state index in [2.05, 4.69) is 15.8 Å². The third-order valence-electron chi connectivity index (χ3n) is 4.54. The molecule has 0 saturated carbocycles. The Kier molecular flexibility index (Phi) is 4.17. The third-order valence-corrected chi connectivity index (χ3v) is 4.54. The van der Waals surface area contributed by atoms with Gasteiger partial charge in [-0.2, -0.15) is 0 Å². The van der Waals surface area contributed by atoms with Crippen LogP contribution in [0.15, 0.2) is 28.8 Å². The van der Waals surface area contributed by atoms with Gasteiger partial charge in [-0.1, -0.05) is 11.2 Å². The number of hydrogen-bond donors (Lipinski definition) is 2. The molecule has 0 unspecified atom stereocenters. The third kappa shape index (κ3) is 3.24. The summed E-state index contributed by atoms with van der Waals surface area (Å²) in [7, 11) is 0. The van der Waals surface area contributed by atoms with Crippen molar-refractivity contribution in [3.05, 3.63) is 35.6 Å². The molecule has 0 bridgehead atoms. The number of benzene rings is 1. The molecule has 146 valence electrons. The second-order valence-electron chi connectivity index (χ2n) is 6.89. The van der Waals surface area contributed by atoms with E-state index in [-0.39, 0.29) is 19.0 Å². The van der Waals surface area contributed by atoms with Crippen LogP contribution in [0.25, 0.3) is 0 Å². The van der Waals surface area contributed by atoms with Crippen LogP contribution in [0, 0.1) is 6.92 Å². The van der Waals surface area contributed by atoms with Crippen LogP contribution in [0.4, 0.5) is 10.6 Å². The molecule has 1 saturated heterocycles. The largest absolute Gasteiger partial charge is 0.454 e. The molecule has 4 amide bonds. The van der Waals surface area contributed by atoms with Gasteiger partial charge < -0.3 is 24.6 Å². The number of nitrogens with zero attached hydrogens (tertiary/aromatic N) is 2. The van der Waals surface area contributed by atoms with Crippen molar-refractivity contribution < 1.29 is 28.4 Å². The average molecular weight is 386 g/mol. The van der Waals surface area contributed by atoms with Gasteiger partial charge in [0.1, 0.15) is 17.8 Å². The Bertz CT molecular complexity index is 971. The topological polar surface area (TPSA) is 123 Å². The van der Waals surface area contributed by atoms with Crippen LogP contribution in [0.3, 0.4) is 0 Å². The first-order valence-electron chi connectivity index (χ1n) is 8.60. The van der Waals surface area contributed by atoms with Crippen molar-refractivity contribution >= 4 is 23.7 Å². The summed E-state index contributed by atoms with van der Waals surface area (Å²) < 4.78 is 15.5. The highest BCUT2D eigenvalue weighted by Crippen LogP contribution is 2.34. The fraction of sp³-hybridized carbons (Fsp3) is 0.333. The zero-order chi connectivity index (χ0) is 19.9. The van der Waals surface area contributed by atoms with E-state index < -0.39 is 29.9 Å². The molecular formula is C18H18N4O6. The standard InChI is InChI=1S/C18H18N4O6/c1-10-5-14(21-28-10)19-15(23)8-22-16(24)18(2,20-17(22)25)7-11-3-4-12-13(6-11)27-9-26-12/h3-6H,7-9H2,1-2H3,(H,20,25)(H,19,21,23)/t18-/m1/s1. The zero-order valence-corrected chi connectivity index (χ0v) is 15.3. The van der Waals surface area contributed by atoms with Gasteiger partial charge in [-0.05, 0) is 31.5 Å². The van der Waals surface area contributed by atoms with E-state index in [0.29, 0.717) is 17.3 Å². The number of amides is 4. The Morgan fingerprint density at radius 3 is 2.82 bits per heavy atom. The summed E-state index contributed by atoms with van der Waals surface area (Å²) >= 11 is 0. The normalized spacial score (nSPS) is 20.4. The molecular weight excluding hydrogens is 368 g/mol. The van der Waals surface area contributed by atoms with E-state index in [4.69, 9.17) is 14.0 Å². The molecule has 1 atom stereocenters. The number of ether oxygens (including phenoxy) is 2. The van der Waals surface area contributed by atoms with Crippen LogP contribution in [-0.4, -0.2) is 46.8 Å². The monoisotopic (exact) mass is 386 g/mol. The summed E-state index contributed by atoms with van der Waals surface area (Å²) in [5, 5.41) is 8.81. The minimum absolute atomic E-state index is 0.152. The highest BCUT2D eigenvalue weighted by molar-refractivity contribution is 6.10. The number of anilines is 1. The Morgan fingerprint density at radius 1 is 1.29 bits per heavy atom. The number of fused-ring (bicyclic) bond motifs is 1. The van der Waals surface area contributed by atoms with Crippen molar-refractivity contribution in [2.24, 2.45) is 0 Å². The maximum Gasteiger partial charge on any atom is 0.325 e. The second kappa shape index (κ2) is 6.55. The van der Waals surface area contributed by atoms with Gasteiger partial charge in [0.2, 0.25) is 12.7 Å². The summed E-state index contributed by atoms with van der Waals surface area (Å²) in [5.41, 5.74) is -0.375. The molecule has 0 radical (unpaired) electrons. The van der Waals surface area contributed by atoms with Gasteiger partial charge in [-0.3, -0.25) is 14.5 Å². The summed E-state index contributed by atoms with van der Waals surface area (Å²) in [6, 6.07) is 6.25. The Balaban J connectivity index is 1.44. The van der Waals surface area contributed by atoms with E-state index in [1.54, 1.807) is 32.0 Å². The van der Waals surface area contributed by atoms with Gasteiger partial charge in [0.25, 0.3) is 5.91 Å². The van der Waals surface area contributed by atoms with Crippen LogP contribution in [0.1, 0.15) is 18.2 Å². The maximum atomic E-state index is 12.8. The Morgan fingerprint density at radius 2 is 2.07 bits per heavy atom. The van der Waals surface area contributed by atoms with Crippen LogP contribution < -0.4 is 20.1 Å². The highest BCUT2D eigenvalue weighted by atomic mass is 16.7. The quantitative estimate of drug-likeness (QED) is 0.740. The summed E-state index contributed by atoms with van der Waals surface area (Å²) in [4.78, 5) is 38.2. The van der Waals surface area contributed by atoms with Crippen molar-refractivity contribution in [1.29, 1.82) is 0 Å². The van der Waals surface area contributed by atoms with Crippen molar-refractivity contribution in [1.82, 2.24) is 15.4 Å². The first kappa shape index (κ1) is 17.8. The molecule has 4 rings (SSSR count). The molecule has 2 aliphatic rings. The zero-order valence-electron chi connectivity index (χ0n) is 15.3. The Labute approximate surface area is 159 Å². The number of imide groups is 1. The predicted molar refractivity (Wildman–Crippen MR) is 94.8 cm³/mol. The summed E-state index contributed by atoms with van der Waals surface area (Å²) in [6.07, 6.45) is 0.245. The lowest BCUT2D eigenvalue weighted by Crippen LogP contribution is -2.46. The summed E-state index contributed by atoms with van der Waals surface area (Å²) in [6.45, 7) is 3.03. The average Bonchev–Trinajstić information content (AvgIpc) is 3.31. The molecule has 2 aromatic rings. The van der Waals surface area contributed by atoms with Crippen LogP contribution >= 0.6 is 0 Å². The SMILES string of the molecule is Cc1cc(NC(=O)CN2C(=O)N[C@](C)(Cc3ccc4c(c3)OCO4)C2=O)no1. The molecule has 1 aromatic carbocycles. The number of hydrogen-bond acceptors (Lipinski definition) is 7. The van der Waals surface area contributed by atoms with Crippen LogP contribution in [-0.2, 0) is 16.0 Å². The Hall–Kier alpha value is -3.56. The van der Waals surface area contributed by atoms with E-state index in [1.807, 2.05) is 0 Å². The van der Waals surface area contributed by atoms with Gasteiger partial charge in [0.05, 0.1) is 0 Å². The molecule has 2 N–H and O–H groups in total. The number of aryl methyl sites for hydroxylation is 1. The second-order valence-corrected chi connectivity index (χ2v) is 6.89. The molecule has 10 nitrogen and oxygen atoms in total. The molecule has 28 heavy (non-hydrogen) atoms. The van der Waals surface area contributed by atoms with Crippen LogP contribution in [0.5, 0.6) is 11.5 Å². The number of carbonyl (C=O) groups is 3. The van der Waals surface area contributed by atoms with Crippen molar-refractivity contribution in [2.75, 3.05) is 18.7 Å². The molecule has 2 aliphatic heterocycles. The number of aromatic nitrogens is 1. The van der Waals surface area contributed by atoms with E-state index in [9.17, 15) is 14.4 Å². The first-order chi connectivity index (χ1) is 13.3. The maximum absolute atomic E-state index is 12.8. The lowest BCUT2D eigenvalue weighted by molar-refractivity contribution is -0.133. The number of nitrogens with one attached hydrogen (secondary N) is 2. The smallest absolute Gasteiger partial charge is 0.325 e. The van der Waals surface area contributed by atoms with Crippen molar-refractivity contribution in [2.45, 2.75) is 25.8 Å². The predicted octanol–water partition coefficient (Wildman–Crippen LogP) is 1.20. The highest BCUT2D eigenvalue weighted by Gasteiger charge is 2.48. The molecule has 1 aromatic heterocycles. The fourth-order valence-electron chi connectivity index (χ4n) is 3.22. The fourth-order valence-corrected chi connectivity index (χ4v) is 3.22. The van der Waals surface area contributed by atoms with Gasteiger partial charge in [-0.15, -0.1) is 0 Å². The van der Waals surface area contributed by atoms with Gasteiger partial charge in [-0.25, -0.2) is 4.79 Å². The lowest BCUT2D eigenvalue weighted by Gasteiger charge is -2.21. The molecule has 0 aliphatic carbocycles. The molecule has 1 fully saturated rings. The summed E-state index contributed by atoms with van der Waals surface area (Å²) in [5.74, 6) is 0.944. The van der Waals surface area contributed by atoms with E-state index >= 15 is 0 Å². The number of rotatable bonds is 5. The lowest BCUT2D eigenvalue weighted by atomic mass is 9.92. The van der Waals surface area contributed by atoms with E-state index in [0.717, 1.165) is 10.5 Å². The number of urea groups is 1. The number of carbonyl (C=O) groups excluding carboxylic acids is 3. The minimum Gasteiger partial charge on any atom is -0.454 e.